The lowest BCUT2D eigenvalue weighted by molar-refractivity contribution is -0.154. The number of fused-ring (bicyclic) bond motifs is 1. The zero-order chi connectivity index (χ0) is 16.7. The average molecular weight is 330 g/mol. The Morgan fingerprint density at radius 1 is 1.46 bits per heavy atom. The lowest BCUT2D eigenvalue weighted by Gasteiger charge is -2.22. The van der Waals surface area contributed by atoms with Gasteiger partial charge in [-0.1, -0.05) is 0 Å². The van der Waals surface area contributed by atoms with E-state index in [4.69, 9.17) is 9.47 Å². The highest BCUT2D eigenvalue weighted by atomic mass is 16.6. The Labute approximate surface area is 140 Å². The lowest BCUT2D eigenvalue weighted by atomic mass is 9.99. The molecule has 0 spiro atoms. The van der Waals surface area contributed by atoms with Gasteiger partial charge in [-0.15, -0.1) is 0 Å². The molecule has 7 heteroatoms. The van der Waals surface area contributed by atoms with Crippen LogP contribution >= 0.6 is 0 Å². The van der Waals surface area contributed by atoms with Crippen LogP contribution in [0.2, 0.25) is 0 Å². The minimum Gasteiger partial charge on any atom is -0.459 e. The predicted molar refractivity (Wildman–Crippen MR) is 85.6 cm³/mol. The van der Waals surface area contributed by atoms with E-state index in [9.17, 15) is 4.79 Å². The van der Waals surface area contributed by atoms with E-state index in [1.165, 1.54) is 6.33 Å². The summed E-state index contributed by atoms with van der Waals surface area (Å²) in [6, 6.07) is 0. The van der Waals surface area contributed by atoms with Crippen LogP contribution in [-0.2, 0) is 20.7 Å². The van der Waals surface area contributed by atoms with Gasteiger partial charge in [0.2, 0.25) is 0 Å². The monoisotopic (exact) mass is 330 g/mol. The van der Waals surface area contributed by atoms with Crippen LogP contribution in [0.15, 0.2) is 6.33 Å². The molecule has 0 N–H and O–H groups in total. The largest absolute Gasteiger partial charge is 0.459 e. The molecule has 0 bridgehead atoms. The van der Waals surface area contributed by atoms with Gasteiger partial charge in [-0.3, -0.25) is 4.79 Å². The normalized spacial score (nSPS) is 22.0. The van der Waals surface area contributed by atoms with Crippen LogP contribution in [0.3, 0.4) is 0 Å². The number of nitrogens with zero attached hydrogens (tertiary/aromatic N) is 4. The standard InChI is InChI=1S/C17H22N4O3/c1-11-14(12(2)21-16(20-11)18-10-19-21)3-4-15(22)24-17(6-7-17)13-5-8-23-9-13/h10,13H,3-9H2,1-2H3. The Morgan fingerprint density at radius 2 is 2.29 bits per heavy atom. The van der Waals surface area contributed by atoms with E-state index in [2.05, 4.69) is 15.1 Å². The van der Waals surface area contributed by atoms with Crippen LogP contribution in [0, 0.1) is 19.8 Å². The smallest absolute Gasteiger partial charge is 0.306 e. The Balaban J connectivity index is 1.42. The minimum atomic E-state index is -0.244. The van der Waals surface area contributed by atoms with Crippen molar-refractivity contribution in [2.75, 3.05) is 13.2 Å². The number of ether oxygens (including phenoxy) is 2. The van der Waals surface area contributed by atoms with E-state index in [-0.39, 0.29) is 11.6 Å². The van der Waals surface area contributed by atoms with Gasteiger partial charge < -0.3 is 9.47 Å². The van der Waals surface area contributed by atoms with E-state index in [1.54, 1.807) is 4.52 Å². The maximum atomic E-state index is 12.3. The zero-order valence-electron chi connectivity index (χ0n) is 14.1. The van der Waals surface area contributed by atoms with Gasteiger partial charge in [0.15, 0.2) is 0 Å². The number of hydrogen-bond acceptors (Lipinski definition) is 6. The fourth-order valence-corrected chi connectivity index (χ4v) is 3.69. The summed E-state index contributed by atoms with van der Waals surface area (Å²) >= 11 is 0. The highest BCUT2D eigenvalue weighted by Crippen LogP contribution is 2.49. The maximum absolute atomic E-state index is 12.3. The van der Waals surface area contributed by atoms with Crippen LogP contribution < -0.4 is 0 Å². The first-order valence-electron chi connectivity index (χ1n) is 8.54. The van der Waals surface area contributed by atoms with Gasteiger partial charge in [0, 0.05) is 30.3 Å². The molecule has 4 rings (SSSR count). The summed E-state index contributed by atoms with van der Waals surface area (Å²) in [5.74, 6) is 0.837. The molecule has 128 valence electrons. The number of aromatic nitrogens is 4. The van der Waals surface area contributed by atoms with Crippen molar-refractivity contribution in [2.24, 2.45) is 5.92 Å². The molecule has 2 aliphatic rings. The Hall–Kier alpha value is -2.02. The predicted octanol–water partition coefficient (Wildman–Crippen LogP) is 1.79. The fraction of sp³-hybridized carbons (Fsp3) is 0.647. The zero-order valence-corrected chi connectivity index (χ0v) is 14.1. The van der Waals surface area contributed by atoms with Crippen LogP contribution in [0.1, 0.15) is 42.6 Å². The third kappa shape index (κ3) is 2.66. The first kappa shape index (κ1) is 15.5. The van der Waals surface area contributed by atoms with Gasteiger partial charge in [-0.05, 0) is 45.1 Å². The summed E-state index contributed by atoms with van der Waals surface area (Å²) in [6.07, 6.45) is 5.40. The molecule has 0 aromatic carbocycles. The second-order valence-corrected chi connectivity index (χ2v) is 6.83. The van der Waals surface area contributed by atoms with E-state index in [1.807, 2.05) is 13.8 Å². The topological polar surface area (TPSA) is 78.6 Å². The fourth-order valence-electron chi connectivity index (χ4n) is 3.69. The first-order valence-corrected chi connectivity index (χ1v) is 8.54. The molecule has 1 saturated heterocycles. The Kier molecular flexibility index (Phi) is 3.75. The summed E-state index contributed by atoms with van der Waals surface area (Å²) < 4.78 is 13.0. The summed E-state index contributed by atoms with van der Waals surface area (Å²) in [7, 11) is 0. The van der Waals surface area contributed by atoms with Gasteiger partial charge >= 0.3 is 5.97 Å². The van der Waals surface area contributed by atoms with Crippen LogP contribution in [0.4, 0.5) is 0 Å². The summed E-state index contributed by atoms with van der Waals surface area (Å²) in [6.45, 7) is 5.43. The number of hydrogen-bond donors (Lipinski definition) is 0. The second kappa shape index (κ2) is 5.81. The van der Waals surface area contributed by atoms with Crippen molar-refractivity contribution in [3.63, 3.8) is 0 Å². The van der Waals surface area contributed by atoms with E-state index in [0.717, 1.165) is 49.4 Å². The molecule has 0 amide bonds. The van der Waals surface area contributed by atoms with Crippen LogP contribution in [-0.4, -0.2) is 44.4 Å². The molecule has 3 heterocycles. The van der Waals surface area contributed by atoms with Crippen LogP contribution in [0.25, 0.3) is 5.78 Å². The Morgan fingerprint density at radius 3 is 3.00 bits per heavy atom. The molecule has 2 aromatic heterocycles. The third-order valence-corrected chi connectivity index (χ3v) is 5.30. The van der Waals surface area contributed by atoms with Gasteiger partial charge in [-0.2, -0.15) is 10.1 Å². The molecule has 24 heavy (non-hydrogen) atoms. The SMILES string of the molecule is Cc1nc2ncnn2c(C)c1CCC(=O)OC1(C2CCOC2)CC1. The maximum Gasteiger partial charge on any atom is 0.306 e. The number of rotatable bonds is 5. The van der Waals surface area contributed by atoms with E-state index in [0.29, 0.717) is 24.5 Å². The van der Waals surface area contributed by atoms with Crippen molar-refractivity contribution in [2.45, 2.75) is 51.6 Å². The van der Waals surface area contributed by atoms with Crippen molar-refractivity contribution < 1.29 is 14.3 Å². The molecule has 0 radical (unpaired) electrons. The quantitative estimate of drug-likeness (QED) is 0.778. The number of carbonyl (C=O) groups is 1. The summed E-state index contributed by atoms with van der Waals surface area (Å²) in [4.78, 5) is 20.9. The van der Waals surface area contributed by atoms with Gasteiger partial charge in [0.1, 0.15) is 11.9 Å². The first-order chi connectivity index (χ1) is 11.6. The third-order valence-electron chi connectivity index (χ3n) is 5.30. The molecule has 1 unspecified atom stereocenters. The van der Waals surface area contributed by atoms with Gasteiger partial charge in [0.25, 0.3) is 5.78 Å². The highest BCUT2D eigenvalue weighted by Gasteiger charge is 2.54. The van der Waals surface area contributed by atoms with Crippen molar-refractivity contribution in [3.8, 4) is 0 Å². The molecule has 2 aromatic rings. The van der Waals surface area contributed by atoms with Crippen molar-refractivity contribution in [1.82, 2.24) is 19.6 Å². The van der Waals surface area contributed by atoms with Gasteiger partial charge in [0.05, 0.1) is 6.61 Å². The second-order valence-electron chi connectivity index (χ2n) is 6.83. The van der Waals surface area contributed by atoms with E-state index >= 15 is 0 Å². The Bertz CT molecular complexity index is 775. The van der Waals surface area contributed by atoms with Crippen molar-refractivity contribution >= 4 is 11.7 Å². The molecular weight excluding hydrogens is 308 g/mol. The summed E-state index contributed by atoms with van der Waals surface area (Å²) in [5, 5.41) is 4.18. The van der Waals surface area contributed by atoms with Crippen LogP contribution in [0.5, 0.6) is 0 Å². The molecule has 1 atom stereocenters. The molecule has 2 fully saturated rings. The molecule has 1 aliphatic heterocycles. The number of esters is 1. The summed E-state index contributed by atoms with van der Waals surface area (Å²) in [5.41, 5.74) is 2.67. The highest BCUT2D eigenvalue weighted by molar-refractivity contribution is 5.70. The molecular formula is C17H22N4O3. The number of aryl methyl sites for hydroxylation is 2. The minimum absolute atomic E-state index is 0.128. The molecule has 7 nitrogen and oxygen atoms in total. The molecule has 1 aliphatic carbocycles. The van der Waals surface area contributed by atoms with E-state index < -0.39 is 0 Å². The molecule has 1 saturated carbocycles. The lowest BCUT2D eigenvalue weighted by Crippen LogP contribution is -2.29. The van der Waals surface area contributed by atoms with Crippen molar-refractivity contribution in [3.05, 3.63) is 23.3 Å². The van der Waals surface area contributed by atoms with Gasteiger partial charge in [-0.25, -0.2) is 9.50 Å². The number of carbonyl (C=O) groups excluding carboxylic acids is 1. The average Bonchev–Trinajstić information content (AvgIpc) is 2.99. The van der Waals surface area contributed by atoms with Crippen molar-refractivity contribution in [1.29, 1.82) is 0 Å².